The van der Waals surface area contributed by atoms with Crippen LogP contribution in [0.5, 0.6) is 5.88 Å². The number of nitrogens with one attached hydrogen (secondary N) is 1. The summed E-state index contributed by atoms with van der Waals surface area (Å²) in [7, 11) is -4.03. The molecule has 0 amide bonds. The number of H-pyrrole nitrogens is 1. The Kier molecular flexibility index (Phi) is 4.89. The fourth-order valence-electron chi connectivity index (χ4n) is 3.44. The number of sulfone groups is 1. The van der Waals surface area contributed by atoms with Gasteiger partial charge in [0.1, 0.15) is 12.2 Å². The Bertz CT molecular complexity index is 1000. The number of hydrogen-bond acceptors (Lipinski definition) is 5. The minimum atomic E-state index is -4.61. The molecule has 0 radical (unpaired) electrons. The molecule has 2 aliphatic rings. The van der Waals surface area contributed by atoms with Crippen molar-refractivity contribution >= 4 is 9.84 Å². The summed E-state index contributed by atoms with van der Waals surface area (Å²) in [6.45, 7) is 1.72. The summed E-state index contributed by atoms with van der Waals surface area (Å²) < 4.78 is 75.7. The van der Waals surface area contributed by atoms with E-state index in [1.807, 2.05) is 0 Å². The van der Waals surface area contributed by atoms with Crippen molar-refractivity contribution in [3.05, 3.63) is 41.6 Å². The lowest BCUT2D eigenvalue weighted by Gasteiger charge is -2.37. The van der Waals surface area contributed by atoms with Crippen molar-refractivity contribution < 1.29 is 31.1 Å². The van der Waals surface area contributed by atoms with Gasteiger partial charge in [0.25, 0.3) is 0 Å². The molecule has 29 heavy (non-hydrogen) atoms. The second-order valence-corrected chi connectivity index (χ2v) is 10.2. The molecule has 6 nitrogen and oxygen atoms in total. The van der Waals surface area contributed by atoms with Crippen LogP contribution in [0, 0.1) is 0 Å². The van der Waals surface area contributed by atoms with E-state index in [1.165, 1.54) is 6.07 Å². The van der Waals surface area contributed by atoms with E-state index in [-0.39, 0.29) is 30.4 Å². The lowest BCUT2D eigenvalue weighted by molar-refractivity contribution is -0.137. The summed E-state index contributed by atoms with van der Waals surface area (Å²) >= 11 is 0. The molecule has 1 saturated heterocycles. The molecule has 4 rings (SSSR count). The Hall–Kier alpha value is -2.07. The summed E-state index contributed by atoms with van der Waals surface area (Å²) in [6, 6.07) is 5.57. The van der Waals surface area contributed by atoms with Gasteiger partial charge in [0.15, 0.2) is 9.84 Å². The second-order valence-electron chi connectivity index (χ2n) is 7.77. The standard InChI is InChI=1S/C19H21F3N2O4S/c1-18(29(25,26)14-4-2-3-12(9-14)19(20,21)22)7-8-27-16(11-18)15-10-17(24-23-15)28-13-5-6-13/h2-4,9-10,13,16H,5-8,11H2,1H3,(H,23,24). The van der Waals surface area contributed by atoms with E-state index >= 15 is 0 Å². The summed E-state index contributed by atoms with van der Waals surface area (Å²) in [6.07, 6.45) is -2.77. The van der Waals surface area contributed by atoms with Gasteiger partial charge in [0.2, 0.25) is 5.88 Å². The summed E-state index contributed by atoms with van der Waals surface area (Å²) in [4.78, 5) is -0.335. The summed E-state index contributed by atoms with van der Waals surface area (Å²) in [5.41, 5.74) is -0.396. The molecule has 2 unspecified atom stereocenters. The highest BCUT2D eigenvalue weighted by molar-refractivity contribution is 7.92. The van der Waals surface area contributed by atoms with Gasteiger partial charge in [-0.2, -0.15) is 13.2 Å². The minimum absolute atomic E-state index is 0.0939. The molecule has 10 heteroatoms. The van der Waals surface area contributed by atoms with Gasteiger partial charge < -0.3 is 9.47 Å². The third-order valence-corrected chi connectivity index (χ3v) is 7.96. The van der Waals surface area contributed by atoms with Gasteiger partial charge in [-0.25, -0.2) is 8.42 Å². The van der Waals surface area contributed by atoms with Crippen molar-refractivity contribution in [3.8, 4) is 5.88 Å². The van der Waals surface area contributed by atoms with E-state index in [4.69, 9.17) is 9.47 Å². The van der Waals surface area contributed by atoms with Crippen LogP contribution in [0.2, 0.25) is 0 Å². The zero-order valence-electron chi connectivity index (χ0n) is 15.7. The zero-order chi connectivity index (χ0) is 20.9. The fraction of sp³-hybridized carbons (Fsp3) is 0.526. The van der Waals surface area contributed by atoms with Gasteiger partial charge in [0.05, 0.1) is 20.9 Å². The number of nitrogens with zero attached hydrogens (tertiary/aromatic N) is 1. The van der Waals surface area contributed by atoms with E-state index in [1.54, 1.807) is 13.0 Å². The molecular formula is C19H21F3N2O4S. The van der Waals surface area contributed by atoms with Crippen LogP contribution in [0.3, 0.4) is 0 Å². The molecule has 0 bridgehead atoms. The van der Waals surface area contributed by atoms with Crippen LogP contribution in [0.25, 0.3) is 0 Å². The number of benzene rings is 1. The average molecular weight is 430 g/mol. The molecule has 2 aromatic rings. The van der Waals surface area contributed by atoms with Gasteiger partial charge in [0, 0.05) is 12.7 Å². The predicted molar refractivity (Wildman–Crippen MR) is 97.2 cm³/mol. The lowest BCUT2D eigenvalue weighted by atomic mass is 9.95. The van der Waals surface area contributed by atoms with Gasteiger partial charge >= 0.3 is 6.18 Å². The minimum Gasteiger partial charge on any atom is -0.473 e. The zero-order valence-corrected chi connectivity index (χ0v) is 16.5. The van der Waals surface area contributed by atoms with Gasteiger partial charge in [-0.05, 0) is 50.8 Å². The molecule has 1 aliphatic heterocycles. The highest BCUT2D eigenvalue weighted by atomic mass is 32.2. The molecule has 2 fully saturated rings. The molecule has 2 heterocycles. The van der Waals surface area contributed by atoms with Crippen LogP contribution in [0.1, 0.15) is 50.0 Å². The Morgan fingerprint density at radius 2 is 2.03 bits per heavy atom. The molecule has 1 saturated carbocycles. The molecule has 2 atom stereocenters. The third-order valence-electron chi connectivity index (χ3n) is 5.42. The van der Waals surface area contributed by atoms with Crippen LogP contribution in [0.4, 0.5) is 13.2 Å². The van der Waals surface area contributed by atoms with Gasteiger partial charge in [-0.15, -0.1) is 5.10 Å². The van der Waals surface area contributed by atoms with E-state index < -0.39 is 32.4 Å². The third kappa shape index (κ3) is 4.00. The first-order valence-corrected chi connectivity index (χ1v) is 10.8. The van der Waals surface area contributed by atoms with E-state index in [9.17, 15) is 21.6 Å². The number of ether oxygens (including phenoxy) is 2. The first kappa shape index (κ1) is 20.2. The van der Waals surface area contributed by atoms with Crippen LogP contribution in [-0.2, 0) is 20.8 Å². The Morgan fingerprint density at radius 1 is 1.28 bits per heavy atom. The highest BCUT2D eigenvalue weighted by Crippen LogP contribution is 2.43. The van der Waals surface area contributed by atoms with E-state index in [2.05, 4.69) is 10.2 Å². The maximum atomic E-state index is 13.3. The van der Waals surface area contributed by atoms with Crippen molar-refractivity contribution in [2.24, 2.45) is 0 Å². The molecule has 0 spiro atoms. The quantitative estimate of drug-likeness (QED) is 0.774. The molecular weight excluding hydrogens is 409 g/mol. The number of rotatable bonds is 5. The van der Waals surface area contributed by atoms with Crippen molar-refractivity contribution in [1.29, 1.82) is 0 Å². The smallest absolute Gasteiger partial charge is 0.416 e. The Balaban J connectivity index is 1.58. The lowest BCUT2D eigenvalue weighted by Crippen LogP contribution is -2.42. The summed E-state index contributed by atoms with van der Waals surface area (Å²) in [5.74, 6) is 0.430. The van der Waals surface area contributed by atoms with E-state index in [0.29, 0.717) is 17.6 Å². The second kappa shape index (κ2) is 7.02. The molecule has 158 valence electrons. The number of hydrogen-bond donors (Lipinski definition) is 1. The number of alkyl halides is 3. The van der Waals surface area contributed by atoms with Crippen molar-refractivity contribution in [2.75, 3.05) is 6.61 Å². The molecule has 1 aromatic carbocycles. The molecule has 1 aromatic heterocycles. The SMILES string of the molecule is CC1(S(=O)(=O)c2cccc(C(F)(F)F)c2)CCOC(c2cc(OC3CC3)n[nH]2)C1. The monoisotopic (exact) mass is 430 g/mol. The van der Waals surface area contributed by atoms with Gasteiger partial charge in [-0.3, -0.25) is 5.10 Å². The van der Waals surface area contributed by atoms with Gasteiger partial charge in [-0.1, -0.05) is 6.07 Å². The number of aromatic nitrogens is 2. The number of aromatic amines is 1. The first-order chi connectivity index (χ1) is 13.6. The van der Waals surface area contributed by atoms with Crippen LogP contribution >= 0.6 is 0 Å². The van der Waals surface area contributed by atoms with Crippen molar-refractivity contribution in [2.45, 2.75) is 60.6 Å². The van der Waals surface area contributed by atoms with Crippen LogP contribution in [-0.4, -0.2) is 36.1 Å². The van der Waals surface area contributed by atoms with E-state index in [0.717, 1.165) is 25.0 Å². The maximum Gasteiger partial charge on any atom is 0.416 e. The average Bonchev–Trinajstić information content (AvgIpc) is 3.35. The Morgan fingerprint density at radius 3 is 2.72 bits per heavy atom. The largest absolute Gasteiger partial charge is 0.473 e. The van der Waals surface area contributed by atoms with Crippen molar-refractivity contribution in [3.63, 3.8) is 0 Å². The van der Waals surface area contributed by atoms with Crippen LogP contribution < -0.4 is 4.74 Å². The van der Waals surface area contributed by atoms with Crippen molar-refractivity contribution in [1.82, 2.24) is 10.2 Å². The fourth-order valence-corrected chi connectivity index (χ4v) is 5.27. The molecule has 1 aliphatic carbocycles. The Labute approximate surface area is 166 Å². The summed E-state index contributed by atoms with van der Waals surface area (Å²) in [5, 5.41) is 6.90. The predicted octanol–water partition coefficient (Wildman–Crippen LogP) is 4.05. The normalized spacial score (nSPS) is 25.7. The van der Waals surface area contributed by atoms with Crippen LogP contribution in [0.15, 0.2) is 35.2 Å². The first-order valence-electron chi connectivity index (χ1n) is 9.34. The highest BCUT2D eigenvalue weighted by Gasteiger charge is 2.46. The maximum absolute atomic E-state index is 13.3. The molecule has 1 N–H and O–H groups in total. The topological polar surface area (TPSA) is 81.3 Å². The number of halogens is 3.